The number of nitrogens with one attached hydrogen (secondary N) is 1. The molecule has 1 aromatic heterocycles. The Kier molecular flexibility index (Phi) is 3.26. The molecule has 1 aliphatic carbocycles. The molecule has 0 radical (unpaired) electrons. The summed E-state index contributed by atoms with van der Waals surface area (Å²) in [6, 6.07) is 1.46. The zero-order valence-corrected chi connectivity index (χ0v) is 9.49. The van der Waals surface area contributed by atoms with Gasteiger partial charge in [0, 0.05) is 25.7 Å². The molecule has 4 heteroatoms. The predicted molar refractivity (Wildman–Crippen MR) is 59.9 cm³/mol. The maximum absolute atomic E-state index is 5.44. The van der Waals surface area contributed by atoms with Crippen molar-refractivity contribution in [1.29, 1.82) is 0 Å². The van der Waals surface area contributed by atoms with Crippen molar-refractivity contribution in [3.05, 3.63) is 12.0 Å². The maximum atomic E-state index is 5.44. The highest BCUT2D eigenvalue weighted by atomic mass is 16.4. The summed E-state index contributed by atoms with van der Waals surface area (Å²) in [4.78, 5) is 6.56. The van der Waals surface area contributed by atoms with Crippen LogP contribution in [0, 0.1) is 0 Å². The third kappa shape index (κ3) is 2.72. The van der Waals surface area contributed by atoms with Gasteiger partial charge in [0.2, 0.25) is 0 Å². The van der Waals surface area contributed by atoms with Crippen molar-refractivity contribution in [2.24, 2.45) is 0 Å². The van der Waals surface area contributed by atoms with E-state index in [0.29, 0.717) is 0 Å². The molecule has 1 fully saturated rings. The number of rotatable bonds is 6. The van der Waals surface area contributed by atoms with Gasteiger partial charge in [-0.15, -0.1) is 0 Å². The van der Waals surface area contributed by atoms with Gasteiger partial charge in [0.15, 0.2) is 0 Å². The number of aromatic nitrogens is 1. The molecular weight excluding hydrogens is 190 g/mol. The molecule has 84 valence electrons. The van der Waals surface area contributed by atoms with Crippen molar-refractivity contribution in [1.82, 2.24) is 10.3 Å². The summed E-state index contributed by atoms with van der Waals surface area (Å²) in [5.74, 6) is 0. The largest absolute Gasteiger partial charge is 0.432 e. The molecule has 1 aliphatic rings. The van der Waals surface area contributed by atoms with E-state index < -0.39 is 0 Å². The molecule has 1 N–H and O–H groups in total. The Labute approximate surface area is 90.7 Å². The van der Waals surface area contributed by atoms with E-state index in [-0.39, 0.29) is 0 Å². The molecule has 0 bridgehead atoms. The Morgan fingerprint density at radius 1 is 1.47 bits per heavy atom. The third-order valence-corrected chi connectivity index (χ3v) is 2.72. The van der Waals surface area contributed by atoms with Gasteiger partial charge in [0.1, 0.15) is 6.26 Å². The van der Waals surface area contributed by atoms with Crippen molar-refractivity contribution >= 4 is 6.01 Å². The average Bonchev–Trinajstić information content (AvgIpc) is 2.97. The van der Waals surface area contributed by atoms with E-state index in [1.807, 2.05) is 0 Å². The van der Waals surface area contributed by atoms with Gasteiger partial charge in [-0.2, -0.15) is 4.98 Å². The zero-order valence-electron chi connectivity index (χ0n) is 9.49. The predicted octanol–water partition coefficient (Wildman–Crippen LogP) is 1.77. The molecule has 0 spiro atoms. The van der Waals surface area contributed by atoms with Gasteiger partial charge in [0.25, 0.3) is 6.01 Å². The van der Waals surface area contributed by atoms with Crippen molar-refractivity contribution in [3.8, 4) is 0 Å². The van der Waals surface area contributed by atoms with Gasteiger partial charge in [-0.25, -0.2) is 0 Å². The average molecular weight is 209 g/mol. The van der Waals surface area contributed by atoms with E-state index in [4.69, 9.17) is 4.42 Å². The lowest BCUT2D eigenvalue weighted by molar-refractivity contribution is 0.538. The lowest BCUT2D eigenvalue weighted by Gasteiger charge is -2.14. The van der Waals surface area contributed by atoms with Gasteiger partial charge in [0.05, 0.1) is 5.69 Å². The molecule has 1 aromatic rings. The van der Waals surface area contributed by atoms with Crippen molar-refractivity contribution in [2.75, 3.05) is 18.0 Å². The molecular formula is C11H19N3O. The molecule has 15 heavy (non-hydrogen) atoms. The fourth-order valence-corrected chi connectivity index (χ4v) is 1.55. The smallest absolute Gasteiger partial charge is 0.297 e. The molecule has 0 saturated heterocycles. The molecule has 0 amide bonds. The second kappa shape index (κ2) is 4.66. The lowest BCUT2D eigenvalue weighted by Crippen LogP contribution is -2.22. The topological polar surface area (TPSA) is 41.3 Å². The van der Waals surface area contributed by atoms with Crippen LogP contribution in [0.2, 0.25) is 0 Å². The fraction of sp³-hybridized carbons (Fsp3) is 0.727. The number of anilines is 1. The highest BCUT2D eigenvalue weighted by molar-refractivity contribution is 5.26. The minimum Gasteiger partial charge on any atom is -0.432 e. The molecule has 0 atom stereocenters. The number of oxazole rings is 1. The van der Waals surface area contributed by atoms with Gasteiger partial charge in [-0.3, -0.25) is 0 Å². The molecule has 1 heterocycles. The van der Waals surface area contributed by atoms with E-state index in [9.17, 15) is 0 Å². The van der Waals surface area contributed by atoms with Crippen LogP contribution in [0.25, 0.3) is 0 Å². The van der Waals surface area contributed by atoms with E-state index in [1.54, 1.807) is 6.26 Å². The monoisotopic (exact) mass is 209 g/mol. The minimum atomic E-state index is 0.721. The van der Waals surface area contributed by atoms with Gasteiger partial charge in [-0.1, -0.05) is 0 Å². The Bertz CT molecular complexity index is 303. The third-order valence-electron chi connectivity index (χ3n) is 2.72. The maximum Gasteiger partial charge on any atom is 0.297 e. The first-order valence-electron chi connectivity index (χ1n) is 5.76. The summed E-state index contributed by atoms with van der Waals surface area (Å²) in [5.41, 5.74) is 1.00. The van der Waals surface area contributed by atoms with E-state index in [2.05, 4.69) is 29.0 Å². The van der Waals surface area contributed by atoms with Crippen LogP contribution in [0.4, 0.5) is 6.01 Å². The van der Waals surface area contributed by atoms with E-state index >= 15 is 0 Å². The first-order chi connectivity index (χ1) is 7.33. The van der Waals surface area contributed by atoms with E-state index in [1.165, 1.54) is 12.8 Å². The molecule has 0 aromatic carbocycles. The van der Waals surface area contributed by atoms with Crippen molar-refractivity contribution in [2.45, 2.75) is 39.3 Å². The summed E-state index contributed by atoms with van der Waals surface area (Å²) >= 11 is 0. The van der Waals surface area contributed by atoms with Crippen LogP contribution in [0.3, 0.4) is 0 Å². The molecule has 4 nitrogen and oxygen atoms in total. The van der Waals surface area contributed by atoms with Crippen molar-refractivity contribution < 1.29 is 4.42 Å². The highest BCUT2D eigenvalue weighted by Gasteiger charge is 2.20. The Balaban J connectivity index is 1.89. The van der Waals surface area contributed by atoms with Gasteiger partial charge >= 0.3 is 0 Å². The molecule has 0 aliphatic heterocycles. The van der Waals surface area contributed by atoms with Crippen LogP contribution in [-0.2, 0) is 6.54 Å². The summed E-state index contributed by atoms with van der Waals surface area (Å²) in [5, 5.41) is 3.42. The van der Waals surface area contributed by atoms with Crippen LogP contribution >= 0.6 is 0 Å². The first kappa shape index (κ1) is 10.5. The number of hydrogen-bond acceptors (Lipinski definition) is 4. The molecule has 2 rings (SSSR count). The Hall–Kier alpha value is -1.03. The van der Waals surface area contributed by atoms with Crippen LogP contribution in [-0.4, -0.2) is 24.1 Å². The zero-order chi connectivity index (χ0) is 10.7. The lowest BCUT2D eigenvalue weighted by atomic mass is 10.4. The Morgan fingerprint density at radius 3 is 2.80 bits per heavy atom. The molecule has 1 saturated carbocycles. The SMILES string of the molecule is CCN(CC)c1nc(CNC2CC2)co1. The van der Waals surface area contributed by atoms with E-state index in [0.717, 1.165) is 37.4 Å². The summed E-state index contributed by atoms with van der Waals surface area (Å²) in [6.07, 6.45) is 4.37. The first-order valence-corrected chi connectivity index (χ1v) is 5.76. The van der Waals surface area contributed by atoms with Crippen LogP contribution in [0.1, 0.15) is 32.4 Å². The number of hydrogen-bond donors (Lipinski definition) is 1. The minimum absolute atomic E-state index is 0.721. The van der Waals surface area contributed by atoms with Gasteiger partial charge in [-0.05, 0) is 26.7 Å². The standard InChI is InChI=1S/C11H19N3O/c1-3-14(4-2)11-13-10(8-15-11)7-12-9-5-6-9/h8-9,12H,3-7H2,1-2H3. The van der Waals surface area contributed by atoms with Crippen LogP contribution < -0.4 is 10.2 Å². The van der Waals surface area contributed by atoms with Crippen LogP contribution in [0.5, 0.6) is 0 Å². The second-order valence-corrected chi connectivity index (χ2v) is 3.95. The Morgan fingerprint density at radius 2 is 2.20 bits per heavy atom. The second-order valence-electron chi connectivity index (χ2n) is 3.95. The number of nitrogens with zero attached hydrogens (tertiary/aromatic N) is 2. The summed E-state index contributed by atoms with van der Waals surface area (Å²) in [6.45, 7) is 6.92. The summed E-state index contributed by atoms with van der Waals surface area (Å²) in [7, 11) is 0. The quantitative estimate of drug-likeness (QED) is 0.775. The van der Waals surface area contributed by atoms with Gasteiger partial charge < -0.3 is 14.6 Å². The normalized spacial score (nSPS) is 15.6. The molecule has 0 unspecified atom stereocenters. The summed E-state index contributed by atoms with van der Waals surface area (Å²) < 4.78 is 5.44. The van der Waals surface area contributed by atoms with Crippen LogP contribution in [0.15, 0.2) is 10.7 Å². The highest BCUT2D eigenvalue weighted by Crippen LogP contribution is 2.20. The van der Waals surface area contributed by atoms with Crippen molar-refractivity contribution in [3.63, 3.8) is 0 Å². The fourth-order valence-electron chi connectivity index (χ4n) is 1.55.